The number of carboxylic acids is 1. The molecule has 1 atom stereocenters. The fourth-order valence-electron chi connectivity index (χ4n) is 1.01. The molecule has 1 unspecified atom stereocenters. The molecule has 0 amide bonds. The second-order valence-corrected chi connectivity index (χ2v) is 5.37. The van der Waals surface area contributed by atoms with Gasteiger partial charge in [0.25, 0.3) is 0 Å². The van der Waals surface area contributed by atoms with Crippen molar-refractivity contribution >= 4 is 17.7 Å². The van der Waals surface area contributed by atoms with Crippen LogP contribution in [-0.2, 0) is 0 Å². The van der Waals surface area contributed by atoms with Crippen LogP contribution in [0, 0.1) is 12.8 Å². The highest BCUT2D eigenvalue weighted by Crippen LogP contribution is 2.25. The molecule has 16 heavy (non-hydrogen) atoms. The van der Waals surface area contributed by atoms with Gasteiger partial charge < -0.3 is 5.11 Å². The molecule has 0 radical (unpaired) electrons. The summed E-state index contributed by atoms with van der Waals surface area (Å²) in [7, 11) is 0. The summed E-state index contributed by atoms with van der Waals surface area (Å²) in [6.07, 6.45) is 1.38. The molecule has 0 aliphatic carbocycles. The second-order valence-electron chi connectivity index (χ2n) is 4.02. The SMILES string of the molecule is Cc1nc(SC(C)C(C)C)ncc1C(=O)O. The maximum Gasteiger partial charge on any atom is 0.339 e. The van der Waals surface area contributed by atoms with Gasteiger partial charge in [-0.15, -0.1) is 0 Å². The third-order valence-corrected chi connectivity index (χ3v) is 3.74. The number of aryl methyl sites for hydroxylation is 1. The van der Waals surface area contributed by atoms with Gasteiger partial charge in [-0.25, -0.2) is 14.8 Å². The van der Waals surface area contributed by atoms with E-state index in [2.05, 4.69) is 30.7 Å². The lowest BCUT2D eigenvalue weighted by Gasteiger charge is -2.13. The summed E-state index contributed by atoms with van der Waals surface area (Å²) in [4.78, 5) is 19.0. The second kappa shape index (κ2) is 5.30. The smallest absolute Gasteiger partial charge is 0.339 e. The van der Waals surface area contributed by atoms with Crippen LogP contribution >= 0.6 is 11.8 Å². The summed E-state index contributed by atoms with van der Waals surface area (Å²) >= 11 is 1.57. The maximum absolute atomic E-state index is 10.8. The van der Waals surface area contributed by atoms with Gasteiger partial charge in [0.15, 0.2) is 5.16 Å². The zero-order valence-corrected chi connectivity index (χ0v) is 10.7. The van der Waals surface area contributed by atoms with Crippen LogP contribution in [0.15, 0.2) is 11.4 Å². The number of carbonyl (C=O) groups is 1. The number of hydrogen-bond acceptors (Lipinski definition) is 4. The topological polar surface area (TPSA) is 63.1 Å². The molecule has 0 spiro atoms. The van der Waals surface area contributed by atoms with Gasteiger partial charge in [-0.05, 0) is 12.8 Å². The van der Waals surface area contributed by atoms with E-state index in [-0.39, 0.29) is 5.56 Å². The summed E-state index contributed by atoms with van der Waals surface area (Å²) in [6, 6.07) is 0. The Kier molecular flexibility index (Phi) is 4.29. The van der Waals surface area contributed by atoms with Crippen LogP contribution in [-0.4, -0.2) is 26.3 Å². The molecular formula is C11H16N2O2S. The summed E-state index contributed by atoms with van der Waals surface area (Å²) in [5, 5.41) is 9.89. The predicted octanol–water partition coefficient (Wildman–Crippen LogP) is 2.62. The molecule has 0 aliphatic rings. The fourth-order valence-corrected chi connectivity index (χ4v) is 1.92. The number of aromatic nitrogens is 2. The Morgan fingerprint density at radius 3 is 2.50 bits per heavy atom. The third kappa shape index (κ3) is 3.20. The molecule has 1 N–H and O–H groups in total. The van der Waals surface area contributed by atoms with Gasteiger partial charge in [-0.2, -0.15) is 0 Å². The minimum absolute atomic E-state index is 0.168. The summed E-state index contributed by atoms with van der Waals surface area (Å²) in [6.45, 7) is 8.07. The Bertz CT molecular complexity index is 394. The van der Waals surface area contributed by atoms with Crippen molar-refractivity contribution in [2.45, 2.75) is 38.1 Å². The lowest BCUT2D eigenvalue weighted by atomic mass is 10.2. The van der Waals surface area contributed by atoms with E-state index in [1.54, 1.807) is 18.7 Å². The number of hydrogen-bond donors (Lipinski definition) is 1. The number of carboxylic acid groups (broad SMARTS) is 1. The first-order valence-electron chi connectivity index (χ1n) is 5.15. The number of thioether (sulfide) groups is 1. The molecule has 0 saturated carbocycles. The van der Waals surface area contributed by atoms with Crippen molar-refractivity contribution in [3.63, 3.8) is 0 Å². The highest BCUT2D eigenvalue weighted by molar-refractivity contribution is 7.99. The van der Waals surface area contributed by atoms with E-state index in [0.717, 1.165) is 0 Å². The quantitative estimate of drug-likeness (QED) is 0.647. The molecule has 88 valence electrons. The molecule has 0 fully saturated rings. The Morgan fingerprint density at radius 1 is 1.44 bits per heavy atom. The Hall–Kier alpha value is -1.10. The molecule has 0 bridgehead atoms. The van der Waals surface area contributed by atoms with Crippen LogP contribution in [0.25, 0.3) is 0 Å². The van der Waals surface area contributed by atoms with Gasteiger partial charge in [-0.3, -0.25) is 0 Å². The van der Waals surface area contributed by atoms with Crippen molar-refractivity contribution < 1.29 is 9.90 Å². The van der Waals surface area contributed by atoms with Crippen LogP contribution < -0.4 is 0 Å². The van der Waals surface area contributed by atoms with Gasteiger partial charge in [0.2, 0.25) is 0 Å². The maximum atomic E-state index is 10.8. The van der Waals surface area contributed by atoms with Crippen LogP contribution in [0.3, 0.4) is 0 Å². The van der Waals surface area contributed by atoms with Crippen molar-refractivity contribution in [1.82, 2.24) is 9.97 Å². The summed E-state index contributed by atoms with van der Waals surface area (Å²) in [5.74, 6) is -0.445. The van der Waals surface area contributed by atoms with E-state index in [4.69, 9.17) is 5.11 Å². The summed E-state index contributed by atoms with van der Waals surface area (Å²) < 4.78 is 0. The first kappa shape index (κ1) is 13.0. The average Bonchev–Trinajstić information content (AvgIpc) is 2.16. The lowest BCUT2D eigenvalue weighted by molar-refractivity contribution is 0.0695. The third-order valence-electron chi connectivity index (χ3n) is 2.42. The zero-order chi connectivity index (χ0) is 12.3. The monoisotopic (exact) mass is 240 g/mol. The summed E-state index contributed by atoms with van der Waals surface area (Å²) in [5.41, 5.74) is 0.683. The average molecular weight is 240 g/mol. The minimum Gasteiger partial charge on any atom is -0.478 e. The van der Waals surface area contributed by atoms with E-state index >= 15 is 0 Å². The molecule has 0 aliphatic heterocycles. The first-order chi connectivity index (χ1) is 7.41. The number of nitrogens with zero attached hydrogens (tertiary/aromatic N) is 2. The standard InChI is InChI=1S/C11H16N2O2S/c1-6(2)8(4)16-11-12-5-9(10(14)15)7(3)13-11/h5-6,8H,1-4H3,(H,14,15). The van der Waals surface area contributed by atoms with Crippen molar-refractivity contribution in [1.29, 1.82) is 0 Å². The van der Waals surface area contributed by atoms with E-state index < -0.39 is 5.97 Å². The van der Waals surface area contributed by atoms with Gasteiger partial charge in [0, 0.05) is 11.4 Å². The van der Waals surface area contributed by atoms with Crippen molar-refractivity contribution in [3.05, 3.63) is 17.5 Å². The molecule has 1 aromatic heterocycles. The predicted molar refractivity (Wildman–Crippen MR) is 63.9 cm³/mol. The highest BCUT2D eigenvalue weighted by Gasteiger charge is 2.14. The minimum atomic E-state index is -0.981. The Balaban J connectivity index is 2.85. The van der Waals surface area contributed by atoms with Gasteiger partial charge in [0.1, 0.15) is 0 Å². The molecule has 1 rings (SSSR count). The first-order valence-corrected chi connectivity index (χ1v) is 6.03. The van der Waals surface area contributed by atoms with Crippen molar-refractivity contribution in [2.75, 3.05) is 0 Å². The van der Waals surface area contributed by atoms with Gasteiger partial charge in [0.05, 0.1) is 11.3 Å². The normalized spacial score (nSPS) is 12.8. The molecule has 5 heteroatoms. The van der Waals surface area contributed by atoms with E-state index in [0.29, 0.717) is 22.0 Å². The Morgan fingerprint density at radius 2 is 2.06 bits per heavy atom. The number of aromatic carboxylic acids is 1. The highest BCUT2D eigenvalue weighted by atomic mass is 32.2. The lowest BCUT2D eigenvalue weighted by Crippen LogP contribution is -2.08. The number of rotatable bonds is 4. The largest absolute Gasteiger partial charge is 0.478 e. The van der Waals surface area contributed by atoms with Gasteiger partial charge in [-0.1, -0.05) is 32.5 Å². The van der Waals surface area contributed by atoms with E-state index in [1.807, 2.05) is 0 Å². The van der Waals surface area contributed by atoms with Crippen molar-refractivity contribution in [3.8, 4) is 0 Å². The van der Waals surface area contributed by atoms with E-state index in [1.165, 1.54) is 6.20 Å². The van der Waals surface area contributed by atoms with Crippen LogP contribution in [0.2, 0.25) is 0 Å². The van der Waals surface area contributed by atoms with E-state index in [9.17, 15) is 4.79 Å². The van der Waals surface area contributed by atoms with Crippen LogP contribution in [0.5, 0.6) is 0 Å². The zero-order valence-electron chi connectivity index (χ0n) is 9.89. The van der Waals surface area contributed by atoms with Crippen molar-refractivity contribution in [2.24, 2.45) is 5.92 Å². The van der Waals surface area contributed by atoms with Crippen LogP contribution in [0.1, 0.15) is 36.8 Å². The van der Waals surface area contributed by atoms with Gasteiger partial charge >= 0.3 is 5.97 Å². The molecule has 1 heterocycles. The molecule has 4 nitrogen and oxygen atoms in total. The van der Waals surface area contributed by atoms with Crippen LogP contribution in [0.4, 0.5) is 0 Å². The molecule has 0 aromatic carbocycles. The fraction of sp³-hybridized carbons (Fsp3) is 0.545. The Labute approximate surface area is 99.5 Å². The molecule has 1 aromatic rings. The molecule has 0 saturated heterocycles. The molecular weight excluding hydrogens is 224 g/mol.